The number of aromatic hydroxyl groups is 1. The van der Waals surface area contributed by atoms with Gasteiger partial charge in [0.15, 0.2) is 5.06 Å². The Morgan fingerprint density at radius 2 is 1.85 bits per heavy atom. The number of aryl methyl sites for hydroxylation is 1. The zero-order chi connectivity index (χ0) is 13.9. The van der Waals surface area contributed by atoms with E-state index in [1.807, 2.05) is 55.5 Å². The third-order valence-electron chi connectivity index (χ3n) is 3.05. The van der Waals surface area contributed by atoms with Gasteiger partial charge in [0.1, 0.15) is 0 Å². The second-order valence-corrected chi connectivity index (χ2v) is 5.58. The van der Waals surface area contributed by atoms with E-state index in [1.165, 1.54) is 16.9 Å². The number of anilines is 1. The summed E-state index contributed by atoms with van der Waals surface area (Å²) in [7, 11) is 0. The summed E-state index contributed by atoms with van der Waals surface area (Å²) in [5, 5.41) is 15.5. The van der Waals surface area contributed by atoms with Crippen LogP contribution >= 0.6 is 11.3 Å². The summed E-state index contributed by atoms with van der Waals surface area (Å²) in [6.45, 7) is 2.04. The molecule has 2 aromatic carbocycles. The van der Waals surface area contributed by atoms with Gasteiger partial charge in [0.05, 0.1) is 17.5 Å². The van der Waals surface area contributed by atoms with Gasteiger partial charge in [-0.15, -0.1) is 0 Å². The first-order valence-electron chi connectivity index (χ1n) is 6.30. The van der Waals surface area contributed by atoms with Gasteiger partial charge < -0.3 is 5.11 Å². The molecule has 0 atom stereocenters. The molecule has 3 rings (SSSR count). The van der Waals surface area contributed by atoms with Crippen LogP contribution in [0.3, 0.4) is 0 Å². The molecule has 0 amide bonds. The largest absolute Gasteiger partial charge is 0.499 e. The van der Waals surface area contributed by atoms with Crippen LogP contribution in [0, 0.1) is 6.92 Å². The van der Waals surface area contributed by atoms with Crippen molar-refractivity contribution in [2.24, 2.45) is 5.10 Å². The normalized spacial score (nSPS) is 11.2. The minimum Gasteiger partial charge on any atom is -0.499 e. The predicted octanol–water partition coefficient (Wildman–Crippen LogP) is 4.36. The van der Waals surface area contributed by atoms with E-state index in [2.05, 4.69) is 10.5 Å². The van der Waals surface area contributed by atoms with Crippen LogP contribution in [0.15, 0.2) is 53.6 Å². The molecule has 0 aliphatic heterocycles. The van der Waals surface area contributed by atoms with Gasteiger partial charge in [0, 0.05) is 10.1 Å². The maximum absolute atomic E-state index is 9.97. The van der Waals surface area contributed by atoms with E-state index in [-0.39, 0.29) is 0 Å². The average Bonchev–Trinajstić information content (AvgIpc) is 2.77. The lowest BCUT2D eigenvalue weighted by Crippen LogP contribution is -1.90. The molecule has 0 saturated carbocycles. The lowest BCUT2D eigenvalue weighted by Gasteiger charge is -2.00. The van der Waals surface area contributed by atoms with Gasteiger partial charge in [0.2, 0.25) is 0 Å². The number of rotatable bonds is 3. The second-order valence-electron chi connectivity index (χ2n) is 4.55. The highest BCUT2D eigenvalue weighted by molar-refractivity contribution is 7.21. The van der Waals surface area contributed by atoms with Crippen LogP contribution in [0.5, 0.6) is 5.06 Å². The molecule has 0 fully saturated rings. The van der Waals surface area contributed by atoms with E-state index in [0.717, 1.165) is 21.3 Å². The Labute approximate surface area is 121 Å². The topological polar surface area (TPSA) is 44.6 Å². The van der Waals surface area contributed by atoms with E-state index in [1.54, 1.807) is 6.21 Å². The van der Waals surface area contributed by atoms with Crippen LogP contribution in [-0.4, -0.2) is 11.3 Å². The summed E-state index contributed by atoms with van der Waals surface area (Å²) in [5.74, 6) is 0. The third kappa shape index (κ3) is 2.51. The SMILES string of the molecule is Cc1ccc(N/N=C/c2c(O)sc3ccccc23)cc1. The average molecular weight is 282 g/mol. The highest BCUT2D eigenvalue weighted by Crippen LogP contribution is 2.35. The van der Waals surface area contributed by atoms with E-state index in [9.17, 15) is 5.11 Å². The minimum atomic E-state index is 0.292. The first-order chi connectivity index (χ1) is 9.74. The zero-order valence-corrected chi connectivity index (χ0v) is 11.8. The molecule has 0 spiro atoms. The maximum Gasteiger partial charge on any atom is 0.181 e. The van der Waals surface area contributed by atoms with Crippen LogP contribution in [0.2, 0.25) is 0 Å². The summed E-state index contributed by atoms with van der Waals surface area (Å²) in [6.07, 6.45) is 1.66. The van der Waals surface area contributed by atoms with Crippen molar-refractivity contribution in [3.63, 3.8) is 0 Å². The van der Waals surface area contributed by atoms with Gasteiger partial charge in [-0.1, -0.05) is 47.2 Å². The molecule has 0 saturated heterocycles. The van der Waals surface area contributed by atoms with E-state index in [0.29, 0.717) is 5.06 Å². The summed E-state index contributed by atoms with van der Waals surface area (Å²) < 4.78 is 1.06. The van der Waals surface area contributed by atoms with Crippen molar-refractivity contribution in [1.29, 1.82) is 0 Å². The van der Waals surface area contributed by atoms with Crippen LogP contribution in [0.25, 0.3) is 10.1 Å². The minimum absolute atomic E-state index is 0.292. The molecular weight excluding hydrogens is 268 g/mol. The predicted molar refractivity (Wildman–Crippen MR) is 85.9 cm³/mol. The number of nitrogens with one attached hydrogen (secondary N) is 1. The molecule has 1 aromatic heterocycles. The quantitative estimate of drug-likeness (QED) is 0.553. The van der Waals surface area contributed by atoms with Crippen LogP contribution in [-0.2, 0) is 0 Å². The van der Waals surface area contributed by atoms with Gasteiger partial charge in [-0.3, -0.25) is 5.43 Å². The number of hydrazone groups is 1. The molecular formula is C16H14N2OS. The Balaban J connectivity index is 1.84. The summed E-state index contributed by atoms with van der Waals surface area (Å²) >= 11 is 1.36. The van der Waals surface area contributed by atoms with Crippen LogP contribution in [0.1, 0.15) is 11.1 Å². The summed E-state index contributed by atoms with van der Waals surface area (Å²) in [5.41, 5.74) is 5.85. The van der Waals surface area contributed by atoms with Gasteiger partial charge in [-0.2, -0.15) is 5.10 Å². The number of hydrogen-bond acceptors (Lipinski definition) is 4. The zero-order valence-electron chi connectivity index (χ0n) is 11.0. The lowest BCUT2D eigenvalue weighted by atomic mass is 10.2. The molecule has 0 bridgehead atoms. The molecule has 0 unspecified atom stereocenters. The van der Waals surface area contributed by atoms with Gasteiger partial charge in [-0.25, -0.2) is 0 Å². The van der Waals surface area contributed by atoms with Crippen molar-refractivity contribution >= 4 is 33.3 Å². The highest BCUT2D eigenvalue weighted by Gasteiger charge is 2.08. The Morgan fingerprint density at radius 3 is 2.65 bits per heavy atom. The van der Waals surface area contributed by atoms with E-state index >= 15 is 0 Å². The number of fused-ring (bicyclic) bond motifs is 1. The van der Waals surface area contributed by atoms with Crippen molar-refractivity contribution in [3.05, 3.63) is 59.7 Å². The van der Waals surface area contributed by atoms with E-state index in [4.69, 9.17) is 0 Å². The number of thiophene rings is 1. The molecule has 0 radical (unpaired) electrons. The first-order valence-corrected chi connectivity index (χ1v) is 7.12. The van der Waals surface area contributed by atoms with Gasteiger partial charge in [0.25, 0.3) is 0 Å². The lowest BCUT2D eigenvalue weighted by molar-refractivity contribution is 0.490. The molecule has 3 nitrogen and oxygen atoms in total. The smallest absolute Gasteiger partial charge is 0.181 e. The number of hydrogen-bond donors (Lipinski definition) is 2. The Hall–Kier alpha value is -2.33. The highest BCUT2D eigenvalue weighted by atomic mass is 32.1. The maximum atomic E-state index is 9.97. The molecule has 2 N–H and O–H groups in total. The Morgan fingerprint density at radius 1 is 1.10 bits per heavy atom. The second kappa shape index (κ2) is 5.35. The third-order valence-corrected chi connectivity index (χ3v) is 4.04. The van der Waals surface area contributed by atoms with Crippen molar-refractivity contribution in [3.8, 4) is 5.06 Å². The van der Waals surface area contributed by atoms with Gasteiger partial charge >= 0.3 is 0 Å². The molecule has 20 heavy (non-hydrogen) atoms. The monoisotopic (exact) mass is 282 g/mol. The fraction of sp³-hybridized carbons (Fsp3) is 0.0625. The standard InChI is InChI=1S/C16H14N2OS/c1-11-6-8-12(9-7-11)18-17-10-14-13-4-2-3-5-15(13)20-16(14)19/h2-10,18-19H,1H3/b17-10+. The van der Waals surface area contributed by atoms with E-state index < -0.39 is 0 Å². The van der Waals surface area contributed by atoms with Crippen molar-refractivity contribution in [2.75, 3.05) is 5.43 Å². The summed E-state index contributed by atoms with van der Waals surface area (Å²) in [6, 6.07) is 15.9. The van der Waals surface area contributed by atoms with Crippen molar-refractivity contribution in [2.45, 2.75) is 6.92 Å². The van der Waals surface area contributed by atoms with Crippen LogP contribution in [0.4, 0.5) is 5.69 Å². The summed E-state index contributed by atoms with van der Waals surface area (Å²) in [4.78, 5) is 0. The Bertz CT molecular complexity index is 760. The molecule has 0 aliphatic rings. The molecule has 4 heteroatoms. The number of benzene rings is 2. The van der Waals surface area contributed by atoms with Crippen LogP contribution < -0.4 is 5.43 Å². The fourth-order valence-corrected chi connectivity index (χ4v) is 2.89. The molecule has 1 heterocycles. The molecule has 0 aliphatic carbocycles. The fourth-order valence-electron chi connectivity index (χ4n) is 1.98. The van der Waals surface area contributed by atoms with Crippen molar-refractivity contribution < 1.29 is 5.11 Å². The first kappa shape index (κ1) is 12.7. The molecule has 100 valence electrons. The Kier molecular flexibility index (Phi) is 3.39. The van der Waals surface area contributed by atoms with Gasteiger partial charge in [-0.05, 0) is 25.1 Å². The number of nitrogens with zero attached hydrogens (tertiary/aromatic N) is 1. The molecule has 3 aromatic rings. The van der Waals surface area contributed by atoms with Crippen molar-refractivity contribution in [1.82, 2.24) is 0 Å².